The van der Waals surface area contributed by atoms with Crippen molar-refractivity contribution in [3.8, 4) is 0 Å². The fraction of sp³-hybridized carbons (Fsp3) is 0.545. The summed E-state index contributed by atoms with van der Waals surface area (Å²) in [4.78, 5) is 19.8. The topological polar surface area (TPSA) is 82.6 Å². The van der Waals surface area contributed by atoms with E-state index in [4.69, 9.17) is 0 Å². The van der Waals surface area contributed by atoms with E-state index in [1.54, 1.807) is 13.2 Å². The smallest absolute Gasteiger partial charge is 0.259 e. The third kappa shape index (κ3) is 4.97. The van der Waals surface area contributed by atoms with Crippen LogP contribution in [-0.4, -0.2) is 50.3 Å². The number of aryl methyl sites for hydroxylation is 1. The quantitative estimate of drug-likeness (QED) is 0.615. The molecule has 1 N–H and O–H groups in total. The zero-order chi connectivity index (χ0) is 22.9. The molecule has 4 rings (SSSR count). The number of nitrogens with one attached hydrogen (secondary N) is 1. The van der Waals surface area contributed by atoms with Gasteiger partial charge in [-0.15, -0.1) is 11.3 Å². The highest BCUT2D eigenvalue weighted by molar-refractivity contribution is 7.89. The second-order valence-electron chi connectivity index (χ2n) is 8.53. The van der Waals surface area contributed by atoms with Crippen molar-refractivity contribution in [1.29, 1.82) is 0 Å². The first-order valence-electron chi connectivity index (χ1n) is 11.1. The van der Waals surface area contributed by atoms with Crippen LogP contribution in [0.15, 0.2) is 23.2 Å². The minimum Gasteiger partial charge on any atom is -0.374 e. The average molecular weight is 481 g/mol. The van der Waals surface area contributed by atoms with Crippen molar-refractivity contribution < 1.29 is 17.6 Å². The number of amides is 1. The lowest BCUT2D eigenvalue weighted by molar-refractivity contribution is 0.102. The number of hydrogen-bond donors (Lipinski definition) is 1. The maximum absolute atomic E-state index is 15.2. The van der Waals surface area contributed by atoms with Crippen molar-refractivity contribution >= 4 is 38.1 Å². The Labute approximate surface area is 192 Å². The Morgan fingerprint density at radius 3 is 2.62 bits per heavy atom. The summed E-state index contributed by atoms with van der Waals surface area (Å²) in [6.07, 6.45) is 7.18. The van der Waals surface area contributed by atoms with E-state index in [9.17, 15) is 13.2 Å². The predicted molar refractivity (Wildman–Crippen MR) is 124 cm³/mol. The first-order chi connectivity index (χ1) is 15.3. The zero-order valence-corrected chi connectivity index (χ0v) is 20.1. The maximum Gasteiger partial charge on any atom is 0.259 e. The molecule has 1 aliphatic carbocycles. The van der Waals surface area contributed by atoms with E-state index in [1.165, 1.54) is 27.8 Å². The highest BCUT2D eigenvalue weighted by Crippen LogP contribution is 2.34. The van der Waals surface area contributed by atoms with Crippen LogP contribution in [0.5, 0.6) is 0 Å². The zero-order valence-electron chi connectivity index (χ0n) is 18.4. The van der Waals surface area contributed by atoms with Gasteiger partial charge < -0.3 is 4.90 Å². The molecule has 2 fully saturated rings. The first kappa shape index (κ1) is 23.1. The molecule has 2 heterocycles. The molecule has 0 radical (unpaired) electrons. The van der Waals surface area contributed by atoms with E-state index < -0.39 is 26.6 Å². The second-order valence-corrected chi connectivity index (χ2v) is 11.5. The van der Waals surface area contributed by atoms with E-state index in [2.05, 4.69) is 10.3 Å². The number of nitrogens with zero attached hydrogens (tertiary/aromatic N) is 3. The van der Waals surface area contributed by atoms with Crippen LogP contribution >= 0.6 is 11.3 Å². The van der Waals surface area contributed by atoms with Crippen LogP contribution in [0, 0.1) is 11.7 Å². The molecule has 2 aromatic rings. The van der Waals surface area contributed by atoms with Crippen molar-refractivity contribution in [2.45, 2.75) is 50.3 Å². The summed E-state index contributed by atoms with van der Waals surface area (Å²) in [5.41, 5.74) is 0.523. The minimum atomic E-state index is -4.03. The van der Waals surface area contributed by atoms with Crippen LogP contribution in [0.2, 0.25) is 0 Å². The van der Waals surface area contributed by atoms with E-state index in [0.29, 0.717) is 36.4 Å². The molecule has 174 valence electrons. The molecule has 1 aliphatic heterocycles. The van der Waals surface area contributed by atoms with Crippen LogP contribution in [0.4, 0.5) is 15.2 Å². The van der Waals surface area contributed by atoms with Gasteiger partial charge >= 0.3 is 0 Å². The number of piperidine rings is 1. The van der Waals surface area contributed by atoms with Gasteiger partial charge in [0.15, 0.2) is 5.13 Å². The number of aromatic nitrogens is 1. The summed E-state index contributed by atoms with van der Waals surface area (Å²) < 4.78 is 42.8. The van der Waals surface area contributed by atoms with Gasteiger partial charge in [-0.2, -0.15) is 4.31 Å². The monoisotopic (exact) mass is 480 g/mol. The fourth-order valence-corrected chi connectivity index (χ4v) is 6.30. The minimum absolute atomic E-state index is 0.137. The number of benzene rings is 1. The van der Waals surface area contributed by atoms with Crippen molar-refractivity contribution in [3.05, 3.63) is 34.6 Å². The second kappa shape index (κ2) is 9.44. The van der Waals surface area contributed by atoms with E-state index >= 15 is 4.39 Å². The van der Waals surface area contributed by atoms with Crippen LogP contribution in [0.25, 0.3) is 0 Å². The molecule has 1 saturated carbocycles. The molecule has 2 aliphatic rings. The van der Waals surface area contributed by atoms with Crippen molar-refractivity contribution in [3.63, 3.8) is 0 Å². The number of halogens is 1. The molecule has 1 aromatic carbocycles. The van der Waals surface area contributed by atoms with Crippen LogP contribution < -0.4 is 10.2 Å². The Hall–Kier alpha value is -2.04. The predicted octanol–water partition coefficient (Wildman–Crippen LogP) is 4.12. The van der Waals surface area contributed by atoms with Gasteiger partial charge in [-0.25, -0.2) is 17.8 Å². The van der Waals surface area contributed by atoms with Crippen LogP contribution in [0.1, 0.15) is 54.3 Å². The molecule has 32 heavy (non-hydrogen) atoms. The summed E-state index contributed by atoms with van der Waals surface area (Å²) in [5, 5.41) is 3.20. The lowest BCUT2D eigenvalue weighted by Crippen LogP contribution is -2.36. The molecule has 7 nitrogen and oxygen atoms in total. The number of carbonyl (C=O) groups is 1. The summed E-state index contributed by atoms with van der Waals surface area (Å²) >= 11 is 1.37. The number of hydrogen-bond acceptors (Lipinski definition) is 6. The van der Waals surface area contributed by atoms with Gasteiger partial charge in [0, 0.05) is 37.8 Å². The van der Waals surface area contributed by atoms with Crippen LogP contribution in [-0.2, 0) is 16.4 Å². The van der Waals surface area contributed by atoms with E-state index in [1.807, 2.05) is 11.8 Å². The average Bonchev–Trinajstić information content (AvgIpc) is 3.48. The highest BCUT2D eigenvalue weighted by Gasteiger charge is 2.32. The lowest BCUT2D eigenvalue weighted by Gasteiger charge is -2.27. The Morgan fingerprint density at radius 2 is 2.00 bits per heavy atom. The molecule has 0 unspecified atom stereocenters. The van der Waals surface area contributed by atoms with Crippen LogP contribution in [0.3, 0.4) is 0 Å². The summed E-state index contributed by atoms with van der Waals surface area (Å²) in [6, 6.07) is 2.38. The number of sulfonamides is 1. The lowest BCUT2D eigenvalue weighted by atomic mass is 10.1. The molecule has 0 bridgehead atoms. The molecule has 1 amide bonds. The Morgan fingerprint density at radius 1 is 1.28 bits per heavy atom. The number of thiazole rings is 1. The number of rotatable bonds is 8. The fourth-order valence-electron chi connectivity index (χ4n) is 3.96. The third-order valence-electron chi connectivity index (χ3n) is 5.99. The van der Waals surface area contributed by atoms with Gasteiger partial charge in [0.1, 0.15) is 10.7 Å². The Bertz CT molecular complexity index is 1090. The van der Waals surface area contributed by atoms with Gasteiger partial charge in [0.25, 0.3) is 5.91 Å². The van der Waals surface area contributed by atoms with Gasteiger partial charge in [-0.1, -0.05) is 13.3 Å². The van der Waals surface area contributed by atoms with Gasteiger partial charge in [0.05, 0.1) is 11.3 Å². The third-order valence-corrected chi connectivity index (χ3v) is 8.96. The SMILES string of the molecule is CCc1cnc(NC(=O)c2cc(S(=O)(=O)N3CCCCC3)c(F)cc2N(C)CC2CC2)s1. The molecular weight excluding hydrogens is 451 g/mol. The standard InChI is InChI=1S/C22H29FN4O3S2/c1-3-16-13-24-22(31-16)25-21(28)17-11-20(32(29,30)27-9-5-4-6-10-27)18(23)12-19(17)26(2)14-15-7-8-15/h11-13,15H,3-10,14H2,1-2H3,(H,24,25,28). The largest absolute Gasteiger partial charge is 0.374 e. The number of carbonyl (C=O) groups excluding carboxylic acids is 1. The molecular formula is C22H29FN4O3S2. The molecule has 10 heteroatoms. The normalized spacial score (nSPS) is 17.3. The Balaban J connectivity index is 1.71. The molecule has 1 aromatic heterocycles. The van der Waals surface area contributed by atoms with Gasteiger partial charge in [0.2, 0.25) is 10.0 Å². The van der Waals surface area contributed by atoms with Crippen molar-refractivity contribution in [2.24, 2.45) is 5.92 Å². The number of anilines is 2. The summed E-state index contributed by atoms with van der Waals surface area (Å²) in [7, 11) is -2.22. The molecule has 1 saturated heterocycles. The summed E-state index contributed by atoms with van der Waals surface area (Å²) in [5.74, 6) is -0.802. The van der Waals surface area contributed by atoms with Crippen molar-refractivity contribution in [2.75, 3.05) is 36.9 Å². The van der Waals surface area contributed by atoms with Gasteiger partial charge in [-0.05, 0) is 50.2 Å². The van der Waals surface area contributed by atoms with E-state index in [0.717, 1.165) is 43.4 Å². The Kier molecular flexibility index (Phi) is 6.83. The highest BCUT2D eigenvalue weighted by atomic mass is 32.2. The summed E-state index contributed by atoms with van der Waals surface area (Å²) in [6.45, 7) is 3.42. The maximum atomic E-state index is 15.2. The van der Waals surface area contributed by atoms with E-state index in [-0.39, 0.29) is 5.56 Å². The van der Waals surface area contributed by atoms with Gasteiger partial charge in [-0.3, -0.25) is 10.1 Å². The molecule has 0 atom stereocenters. The molecule has 0 spiro atoms. The first-order valence-corrected chi connectivity index (χ1v) is 13.4. The van der Waals surface area contributed by atoms with Crippen molar-refractivity contribution in [1.82, 2.24) is 9.29 Å².